The highest BCUT2D eigenvalue weighted by atomic mass is 15.3. The van der Waals surface area contributed by atoms with Crippen LogP contribution in [0.4, 0.5) is 0 Å². The molecule has 1 aromatic heterocycles. The van der Waals surface area contributed by atoms with Crippen molar-refractivity contribution in [3.63, 3.8) is 0 Å². The van der Waals surface area contributed by atoms with Gasteiger partial charge in [0, 0.05) is 21.6 Å². The number of fused-ring (bicyclic) bond motifs is 13. The first-order valence-electron chi connectivity index (χ1n) is 17.2. The van der Waals surface area contributed by atoms with Gasteiger partial charge in [-0.1, -0.05) is 139 Å². The topological polar surface area (TPSA) is 17.8 Å². The Kier molecular flexibility index (Phi) is 5.24. The summed E-state index contributed by atoms with van der Waals surface area (Å²) >= 11 is 0. The van der Waals surface area contributed by atoms with Crippen molar-refractivity contribution >= 4 is 10.9 Å². The predicted octanol–water partition coefficient (Wildman–Crippen LogP) is 11.6. The van der Waals surface area contributed by atoms with Gasteiger partial charge in [0.25, 0.3) is 0 Å². The summed E-state index contributed by atoms with van der Waals surface area (Å²) in [6.07, 6.45) is 2.14. The minimum Gasteiger partial charge on any atom is -0.233 e. The van der Waals surface area contributed by atoms with E-state index in [4.69, 9.17) is 5.10 Å². The van der Waals surface area contributed by atoms with E-state index in [-0.39, 0.29) is 16.2 Å². The Hall–Kier alpha value is -5.21. The maximum atomic E-state index is 5.24. The summed E-state index contributed by atoms with van der Waals surface area (Å²) in [7, 11) is 0. The zero-order valence-corrected chi connectivity index (χ0v) is 28.4. The molecule has 0 amide bonds. The number of benzene rings is 6. The van der Waals surface area contributed by atoms with E-state index in [1.54, 1.807) is 0 Å². The molecular weight excluding hydrogens is 581 g/mol. The van der Waals surface area contributed by atoms with Crippen LogP contribution in [0.5, 0.6) is 0 Å². The van der Waals surface area contributed by atoms with Gasteiger partial charge in [0.05, 0.1) is 17.4 Å². The molecule has 232 valence electrons. The molecule has 3 aliphatic carbocycles. The fourth-order valence-electron chi connectivity index (χ4n) is 9.73. The maximum Gasteiger partial charge on any atom is 0.0791 e. The van der Waals surface area contributed by atoms with E-state index < -0.39 is 0 Å². The van der Waals surface area contributed by atoms with Crippen LogP contribution in [0.1, 0.15) is 74.9 Å². The molecule has 0 saturated heterocycles. The third-order valence-corrected chi connectivity index (χ3v) is 12.0. The number of rotatable bonds is 2. The minimum absolute atomic E-state index is 0.0381. The van der Waals surface area contributed by atoms with Crippen molar-refractivity contribution in [3.05, 3.63) is 155 Å². The van der Waals surface area contributed by atoms with Gasteiger partial charge in [-0.3, -0.25) is 0 Å². The molecular formula is C46H38N2. The Morgan fingerprint density at radius 2 is 1.00 bits per heavy atom. The Labute approximate surface area is 282 Å². The lowest BCUT2D eigenvalue weighted by Crippen LogP contribution is -2.19. The van der Waals surface area contributed by atoms with Gasteiger partial charge >= 0.3 is 0 Å². The second-order valence-electron chi connectivity index (χ2n) is 15.6. The molecule has 3 aliphatic rings. The third kappa shape index (κ3) is 3.30. The first kappa shape index (κ1) is 27.9. The van der Waals surface area contributed by atoms with Crippen LogP contribution in [-0.4, -0.2) is 9.78 Å². The van der Waals surface area contributed by atoms with E-state index in [1.807, 2.05) is 0 Å². The highest BCUT2D eigenvalue weighted by Crippen LogP contribution is 2.62. The summed E-state index contributed by atoms with van der Waals surface area (Å²) in [4.78, 5) is 0. The summed E-state index contributed by atoms with van der Waals surface area (Å²) in [5.41, 5.74) is 21.0. The van der Waals surface area contributed by atoms with Crippen LogP contribution in [-0.2, 0) is 16.2 Å². The summed E-state index contributed by atoms with van der Waals surface area (Å²) < 4.78 is 2.23. The second-order valence-corrected chi connectivity index (χ2v) is 15.6. The normalized spacial score (nSPS) is 16.6. The lowest BCUT2D eigenvalue weighted by Gasteiger charge is -2.26. The summed E-state index contributed by atoms with van der Waals surface area (Å²) in [5.74, 6) is 0. The predicted molar refractivity (Wildman–Crippen MR) is 199 cm³/mol. The van der Waals surface area contributed by atoms with Gasteiger partial charge in [-0.15, -0.1) is 0 Å². The van der Waals surface area contributed by atoms with Crippen molar-refractivity contribution in [2.24, 2.45) is 0 Å². The van der Waals surface area contributed by atoms with Gasteiger partial charge in [-0.25, -0.2) is 4.68 Å². The summed E-state index contributed by atoms with van der Waals surface area (Å²) in [5, 5.41) is 6.49. The molecule has 10 rings (SSSR count). The van der Waals surface area contributed by atoms with E-state index in [1.165, 1.54) is 88.8 Å². The Morgan fingerprint density at radius 3 is 1.69 bits per heavy atom. The molecule has 0 radical (unpaired) electrons. The highest BCUT2D eigenvalue weighted by Gasteiger charge is 2.46. The van der Waals surface area contributed by atoms with Gasteiger partial charge in [0.15, 0.2) is 0 Å². The lowest BCUT2D eigenvalue weighted by molar-refractivity contribution is 0.657. The molecule has 1 heterocycles. The van der Waals surface area contributed by atoms with Gasteiger partial charge in [-0.2, -0.15) is 5.10 Å². The minimum atomic E-state index is -0.184. The van der Waals surface area contributed by atoms with E-state index in [2.05, 4.69) is 168 Å². The van der Waals surface area contributed by atoms with Crippen molar-refractivity contribution in [3.8, 4) is 50.2 Å². The monoisotopic (exact) mass is 618 g/mol. The van der Waals surface area contributed by atoms with Gasteiger partial charge in [0.2, 0.25) is 0 Å². The van der Waals surface area contributed by atoms with Crippen LogP contribution in [0, 0.1) is 0 Å². The smallest absolute Gasteiger partial charge is 0.0791 e. The second kappa shape index (κ2) is 9.02. The average Bonchev–Trinajstić information content (AvgIpc) is 3.77. The van der Waals surface area contributed by atoms with Crippen LogP contribution < -0.4 is 0 Å². The van der Waals surface area contributed by atoms with Crippen molar-refractivity contribution in [1.82, 2.24) is 9.78 Å². The molecule has 0 spiro atoms. The van der Waals surface area contributed by atoms with E-state index in [9.17, 15) is 0 Å². The standard InChI is InChI=1S/C46H38N2/c1-44(2)35-19-10-7-16-30(35)31-23-22-28(25-38(31)44)27-14-13-15-29(24-27)48-43-34(26-47-48)41-39(32-17-8-11-20-36(32)45(41,3)4)40-33-18-9-12-21-37(33)46(5,6)42(40)43/h7-26H,1-6H3. The molecule has 0 atom stereocenters. The van der Waals surface area contributed by atoms with Crippen molar-refractivity contribution < 1.29 is 0 Å². The molecule has 2 nitrogen and oxygen atoms in total. The number of hydrogen-bond acceptors (Lipinski definition) is 1. The van der Waals surface area contributed by atoms with Crippen molar-refractivity contribution in [2.75, 3.05) is 0 Å². The fraction of sp³-hybridized carbons (Fsp3) is 0.196. The molecule has 0 bridgehead atoms. The van der Waals surface area contributed by atoms with Crippen LogP contribution >= 0.6 is 0 Å². The zero-order valence-electron chi connectivity index (χ0n) is 28.4. The average molecular weight is 619 g/mol. The number of hydrogen-bond donors (Lipinski definition) is 0. The molecule has 0 aliphatic heterocycles. The molecule has 6 aromatic carbocycles. The van der Waals surface area contributed by atoms with E-state index >= 15 is 0 Å². The van der Waals surface area contributed by atoms with E-state index in [0.29, 0.717) is 0 Å². The fourth-order valence-corrected chi connectivity index (χ4v) is 9.73. The lowest BCUT2D eigenvalue weighted by atomic mass is 9.77. The van der Waals surface area contributed by atoms with Crippen LogP contribution in [0.2, 0.25) is 0 Å². The van der Waals surface area contributed by atoms with Crippen molar-refractivity contribution in [1.29, 1.82) is 0 Å². The molecule has 0 saturated carbocycles. The third-order valence-electron chi connectivity index (χ3n) is 12.0. The maximum absolute atomic E-state index is 5.24. The highest BCUT2D eigenvalue weighted by molar-refractivity contribution is 6.09. The number of aromatic nitrogens is 2. The first-order valence-corrected chi connectivity index (χ1v) is 17.2. The Bertz CT molecular complexity index is 2540. The van der Waals surface area contributed by atoms with Crippen molar-refractivity contribution in [2.45, 2.75) is 57.8 Å². The van der Waals surface area contributed by atoms with Gasteiger partial charge < -0.3 is 0 Å². The SMILES string of the molecule is CC1(C)c2ccccc2-c2ccc(-c3cccc(-n4ncc5c6c(c7c(c54)C(C)(C)c4ccccc4-7)-c4ccccc4C6(C)C)c3)cc21. The Morgan fingerprint density at radius 1 is 0.458 bits per heavy atom. The first-order chi connectivity index (χ1) is 23.1. The molecule has 7 aromatic rings. The molecule has 0 N–H and O–H groups in total. The molecule has 48 heavy (non-hydrogen) atoms. The summed E-state index contributed by atoms with van der Waals surface area (Å²) in [6, 6.07) is 43.0. The molecule has 0 fully saturated rings. The van der Waals surface area contributed by atoms with Crippen LogP contribution in [0.3, 0.4) is 0 Å². The Balaban J connectivity index is 1.22. The number of nitrogens with zero attached hydrogens (tertiary/aromatic N) is 2. The van der Waals surface area contributed by atoms with Crippen LogP contribution in [0.15, 0.2) is 121 Å². The zero-order chi connectivity index (χ0) is 32.7. The summed E-state index contributed by atoms with van der Waals surface area (Å²) in [6.45, 7) is 14.3. The molecule has 2 heteroatoms. The largest absolute Gasteiger partial charge is 0.233 e. The van der Waals surface area contributed by atoms with E-state index in [0.717, 1.165) is 5.69 Å². The van der Waals surface area contributed by atoms with Crippen LogP contribution in [0.25, 0.3) is 61.1 Å². The molecule has 0 unspecified atom stereocenters. The van der Waals surface area contributed by atoms with Gasteiger partial charge in [-0.05, 0) is 96.1 Å². The quantitative estimate of drug-likeness (QED) is 0.188. The van der Waals surface area contributed by atoms with Gasteiger partial charge in [0.1, 0.15) is 0 Å².